The average molecular weight is 339 g/mol. The molecule has 0 saturated heterocycles. The lowest BCUT2D eigenvalue weighted by atomic mass is 10.3. The van der Waals surface area contributed by atoms with Gasteiger partial charge in [0.05, 0.1) is 11.4 Å². The molecule has 2 aromatic heterocycles. The van der Waals surface area contributed by atoms with Crippen molar-refractivity contribution in [2.24, 2.45) is 0 Å². The van der Waals surface area contributed by atoms with Crippen LogP contribution in [-0.2, 0) is 11.2 Å². The highest BCUT2D eigenvalue weighted by molar-refractivity contribution is 7.99. The van der Waals surface area contributed by atoms with Gasteiger partial charge in [0.25, 0.3) is 5.22 Å². The second kappa shape index (κ2) is 8.00. The van der Waals surface area contributed by atoms with Gasteiger partial charge in [-0.05, 0) is 31.7 Å². The van der Waals surface area contributed by atoms with Crippen molar-refractivity contribution in [3.8, 4) is 0 Å². The molecule has 0 atom stereocenters. The average Bonchev–Trinajstić information content (AvgIpc) is 3.07. The van der Waals surface area contributed by atoms with E-state index in [4.69, 9.17) is 4.42 Å². The molecule has 0 radical (unpaired) electrons. The van der Waals surface area contributed by atoms with E-state index in [1.54, 1.807) is 11.3 Å². The van der Waals surface area contributed by atoms with Crippen LogP contribution in [0.25, 0.3) is 0 Å². The van der Waals surface area contributed by atoms with Crippen LogP contribution in [0.1, 0.15) is 16.3 Å². The van der Waals surface area contributed by atoms with Gasteiger partial charge in [0.2, 0.25) is 5.91 Å². The quantitative estimate of drug-likeness (QED) is 0.790. The van der Waals surface area contributed by atoms with E-state index in [1.807, 2.05) is 31.4 Å². The van der Waals surface area contributed by atoms with Crippen molar-refractivity contribution in [1.29, 1.82) is 0 Å². The summed E-state index contributed by atoms with van der Waals surface area (Å²) in [5.74, 6) is 0.430. The van der Waals surface area contributed by atoms with Gasteiger partial charge in [0, 0.05) is 11.4 Å². The molecular weight excluding hydrogens is 322 g/mol. The number of nitrogens with zero attached hydrogens (tertiary/aromatic N) is 1. The highest BCUT2D eigenvalue weighted by Gasteiger charge is 2.11. The minimum Gasteiger partial charge on any atom is -0.437 e. The lowest BCUT2D eigenvalue weighted by molar-refractivity contribution is -0.117. The molecule has 2 heterocycles. The maximum atomic E-state index is 11.7. The smallest absolute Gasteiger partial charge is 0.321 e. The number of hydrogen-bond acceptors (Lipinski definition) is 6. The molecule has 0 aliphatic rings. The van der Waals surface area contributed by atoms with Crippen molar-refractivity contribution in [3.63, 3.8) is 0 Å². The number of aromatic nitrogens is 1. The normalized spacial score (nSPS) is 10.5. The van der Waals surface area contributed by atoms with E-state index >= 15 is 0 Å². The molecular formula is C14H17N3O3S2. The van der Waals surface area contributed by atoms with Crippen LogP contribution in [0.2, 0.25) is 0 Å². The zero-order valence-corrected chi connectivity index (χ0v) is 14.0. The van der Waals surface area contributed by atoms with Gasteiger partial charge >= 0.3 is 6.03 Å². The summed E-state index contributed by atoms with van der Waals surface area (Å²) in [6, 6.07) is 3.49. The number of thiophene rings is 1. The fraction of sp³-hybridized carbons (Fsp3) is 0.357. The van der Waals surface area contributed by atoms with E-state index in [-0.39, 0.29) is 11.7 Å². The van der Waals surface area contributed by atoms with Crippen LogP contribution in [-0.4, -0.2) is 29.2 Å². The van der Waals surface area contributed by atoms with E-state index in [1.165, 1.54) is 4.88 Å². The molecule has 2 aromatic rings. The number of thioether (sulfide) groups is 1. The molecule has 118 valence electrons. The number of urea groups is 1. The molecule has 0 spiro atoms. The Balaban J connectivity index is 1.64. The Kier molecular flexibility index (Phi) is 6.02. The standard InChI is InChI=1S/C14H17N3O3S2/c1-9-10(2)20-14(16-9)22-8-12(18)17-13(19)15-6-5-11-4-3-7-21-11/h3-4,7H,5-6,8H2,1-2H3,(H2,15,17,18,19). The Hall–Kier alpha value is -1.80. The number of imide groups is 1. The van der Waals surface area contributed by atoms with Gasteiger partial charge in [-0.25, -0.2) is 9.78 Å². The lowest BCUT2D eigenvalue weighted by Gasteiger charge is -2.05. The van der Waals surface area contributed by atoms with Crippen LogP contribution in [0.4, 0.5) is 4.79 Å². The second-order valence-electron chi connectivity index (χ2n) is 4.54. The summed E-state index contributed by atoms with van der Waals surface area (Å²) in [5.41, 5.74) is 0.800. The van der Waals surface area contributed by atoms with Gasteiger partial charge in [-0.2, -0.15) is 0 Å². The Morgan fingerprint density at radius 3 is 2.86 bits per heavy atom. The van der Waals surface area contributed by atoms with Crippen molar-refractivity contribution < 1.29 is 14.0 Å². The number of carbonyl (C=O) groups excluding carboxylic acids is 2. The summed E-state index contributed by atoms with van der Waals surface area (Å²) in [7, 11) is 0. The highest BCUT2D eigenvalue weighted by Crippen LogP contribution is 2.19. The van der Waals surface area contributed by atoms with Gasteiger partial charge < -0.3 is 9.73 Å². The molecule has 22 heavy (non-hydrogen) atoms. The number of hydrogen-bond donors (Lipinski definition) is 2. The minimum atomic E-state index is -0.484. The van der Waals surface area contributed by atoms with Crippen LogP contribution in [0.3, 0.4) is 0 Å². The predicted molar refractivity (Wildman–Crippen MR) is 86.3 cm³/mol. The number of nitrogens with one attached hydrogen (secondary N) is 2. The summed E-state index contributed by atoms with van der Waals surface area (Å²) in [6.07, 6.45) is 0.753. The molecule has 2 N–H and O–H groups in total. The molecule has 8 heteroatoms. The zero-order valence-electron chi connectivity index (χ0n) is 12.3. The third-order valence-corrected chi connectivity index (χ3v) is 4.59. The molecule has 0 aromatic carbocycles. The third-order valence-electron chi connectivity index (χ3n) is 2.83. The molecule has 0 bridgehead atoms. The summed E-state index contributed by atoms with van der Waals surface area (Å²) in [4.78, 5) is 28.6. The number of carbonyl (C=O) groups is 2. The van der Waals surface area contributed by atoms with E-state index in [9.17, 15) is 9.59 Å². The first kappa shape index (κ1) is 16.6. The summed E-state index contributed by atoms with van der Waals surface area (Å²) >= 11 is 2.80. The van der Waals surface area contributed by atoms with Crippen molar-refractivity contribution in [2.75, 3.05) is 12.3 Å². The summed E-state index contributed by atoms with van der Waals surface area (Å²) in [6.45, 7) is 4.14. The summed E-state index contributed by atoms with van der Waals surface area (Å²) in [5, 5.41) is 7.35. The topological polar surface area (TPSA) is 84.2 Å². The first-order chi connectivity index (χ1) is 10.5. The van der Waals surface area contributed by atoms with E-state index in [2.05, 4.69) is 15.6 Å². The Morgan fingerprint density at radius 1 is 1.41 bits per heavy atom. The van der Waals surface area contributed by atoms with Gasteiger partial charge in [-0.1, -0.05) is 17.8 Å². The van der Waals surface area contributed by atoms with E-state index in [0.29, 0.717) is 11.8 Å². The van der Waals surface area contributed by atoms with E-state index < -0.39 is 6.03 Å². The van der Waals surface area contributed by atoms with Gasteiger partial charge in [-0.3, -0.25) is 10.1 Å². The fourth-order valence-corrected chi connectivity index (χ4v) is 3.01. The molecule has 0 fully saturated rings. The number of aryl methyl sites for hydroxylation is 2. The number of rotatable bonds is 6. The summed E-state index contributed by atoms with van der Waals surface area (Å²) < 4.78 is 5.35. The molecule has 0 unspecified atom stereocenters. The largest absolute Gasteiger partial charge is 0.437 e. The van der Waals surface area contributed by atoms with Crippen LogP contribution in [0.5, 0.6) is 0 Å². The van der Waals surface area contributed by atoms with Crippen molar-refractivity contribution in [3.05, 3.63) is 33.8 Å². The maximum Gasteiger partial charge on any atom is 0.321 e. The van der Waals surface area contributed by atoms with Crippen molar-refractivity contribution in [2.45, 2.75) is 25.5 Å². The molecule has 0 saturated carbocycles. The van der Waals surface area contributed by atoms with Gasteiger partial charge in [0.1, 0.15) is 5.76 Å². The zero-order chi connectivity index (χ0) is 15.9. The Bertz CT molecular complexity index is 618. The lowest BCUT2D eigenvalue weighted by Crippen LogP contribution is -2.41. The first-order valence-electron chi connectivity index (χ1n) is 6.71. The minimum absolute atomic E-state index is 0.0811. The third kappa shape index (κ3) is 5.19. The van der Waals surface area contributed by atoms with E-state index in [0.717, 1.165) is 29.6 Å². The monoisotopic (exact) mass is 339 g/mol. The number of oxazole rings is 1. The number of amides is 3. The van der Waals surface area contributed by atoms with Gasteiger partial charge in [0.15, 0.2) is 0 Å². The van der Waals surface area contributed by atoms with Crippen LogP contribution < -0.4 is 10.6 Å². The van der Waals surface area contributed by atoms with Crippen molar-refractivity contribution >= 4 is 35.0 Å². The van der Waals surface area contributed by atoms with Crippen molar-refractivity contribution in [1.82, 2.24) is 15.6 Å². The maximum absolute atomic E-state index is 11.7. The SMILES string of the molecule is Cc1nc(SCC(=O)NC(=O)NCCc2cccs2)oc1C. The predicted octanol–water partition coefficient (Wildman–Crippen LogP) is 2.51. The second-order valence-corrected chi connectivity index (χ2v) is 6.50. The molecule has 6 nitrogen and oxygen atoms in total. The Labute approximate surface area is 136 Å². The first-order valence-corrected chi connectivity index (χ1v) is 8.58. The van der Waals surface area contributed by atoms with Gasteiger partial charge in [-0.15, -0.1) is 11.3 Å². The molecule has 3 amide bonds. The molecule has 2 rings (SSSR count). The Morgan fingerprint density at radius 2 is 2.23 bits per heavy atom. The molecule has 0 aliphatic carbocycles. The van der Waals surface area contributed by atoms with Crippen LogP contribution in [0, 0.1) is 13.8 Å². The fourth-order valence-electron chi connectivity index (χ4n) is 1.59. The molecule has 0 aliphatic heterocycles. The van der Waals surface area contributed by atoms with Crippen LogP contribution >= 0.6 is 23.1 Å². The highest BCUT2D eigenvalue weighted by atomic mass is 32.2. The van der Waals surface area contributed by atoms with Crippen LogP contribution in [0.15, 0.2) is 27.2 Å².